The molecule has 1 aromatic rings. The molecule has 0 saturated carbocycles. The van der Waals surface area contributed by atoms with E-state index in [4.69, 9.17) is 4.74 Å². The van der Waals surface area contributed by atoms with Crippen molar-refractivity contribution in [2.75, 3.05) is 20.3 Å². The Kier molecular flexibility index (Phi) is 5.54. The van der Waals surface area contributed by atoms with Crippen molar-refractivity contribution in [2.24, 2.45) is 0 Å². The van der Waals surface area contributed by atoms with Gasteiger partial charge in [-0.1, -0.05) is 6.07 Å². The van der Waals surface area contributed by atoms with Gasteiger partial charge in [-0.05, 0) is 42.5 Å². The summed E-state index contributed by atoms with van der Waals surface area (Å²) < 4.78 is 31.9. The van der Waals surface area contributed by atoms with Crippen LogP contribution in [0.15, 0.2) is 23.1 Å². The van der Waals surface area contributed by atoms with Gasteiger partial charge in [-0.15, -0.1) is 0 Å². The first-order chi connectivity index (χ1) is 9.63. The maximum Gasteiger partial charge on any atom is 0.240 e. The van der Waals surface area contributed by atoms with Gasteiger partial charge in [0.1, 0.15) is 0 Å². The predicted octanol–water partition coefficient (Wildman–Crippen LogP) is 1.38. The third-order valence-electron chi connectivity index (χ3n) is 3.44. The maximum atomic E-state index is 12.2. The summed E-state index contributed by atoms with van der Waals surface area (Å²) in [5.41, 5.74) is 2.26. The molecule has 0 radical (unpaired) electrons. The zero-order chi connectivity index (χ0) is 14.4. The van der Waals surface area contributed by atoms with E-state index in [0.717, 1.165) is 44.5 Å². The number of methoxy groups -OCH3 is 1. The lowest BCUT2D eigenvalue weighted by molar-refractivity contribution is 0.192. The molecule has 20 heavy (non-hydrogen) atoms. The van der Waals surface area contributed by atoms with Crippen LogP contribution < -0.4 is 10.0 Å². The number of hydrogen-bond acceptors (Lipinski definition) is 4. The molecule has 0 spiro atoms. The number of benzene rings is 1. The number of fused-ring (bicyclic) bond motifs is 1. The average Bonchev–Trinajstić information content (AvgIpc) is 2.90. The van der Waals surface area contributed by atoms with Crippen LogP contribution in [0.5, 0.6) is 0 Å². The second kappa shape index (κ2) is 7.17. The molecule has 0 amide bonds. The second-order valence-electron chi connectivity index (χ2n) is 4.99. The summed E-state index contributed by atoms with van der Waals surface area (Å²) in [7, 11) is -1.71. The van der Waals surface area contributed by atoms with Gasteiger partial charge in [0.15, 0.2) is 0 Å². The van der Waals surface area contributed by atoms with Gasteiger partial charge in [0.25, 0.3) is 0 Å². The van der Waals surface area contributed by atoms with Gasteiger partial charge in [0, 0.05) is 33.4 Å². The minimum atomic E-state index is -3.38. The summed E-state index contributed by atoms with van der Waals surface area (Å²) in [6.45, 7) is 2.77. The highest BCUT2D eigenvalue weighted by atomic mass is 32.2. The van der Waals surface area contributed by atoms with Crippen molar-refractivity contribution in [3.63, 3.8) is 0 Å². The molecule has 1 aromatic carbocycles. The zero-order valence-corrected chi connectivity index (χ0v) is 12.6. The van der Waals surface area contributed by atoms with Gasteiger partial charge >= 0.3 is 0 Å². The van der Waals surface area contributed by atoms with Gasteiger partial charge < -0.3 is 10.1 Å². The lowest BCUT2D eigenvalue weighted by atomic mass is 10.1. The first-order valence-electron chi connectivity index (χ1n) is 6.94. The molecule has 2 rings (SSSR count). The van der Waals surface area contributed by atoms with Crippen LogP contribution in [0.25, 0.3) is 0 Å². The highest BCUT2D eigenvalue weighted by Gasteiger charge is 2.17. The van der Waals surface area contributed by atoms with E-state index in [2.05, 4.69) is 10.0 Å². The van der Waals surface area contributed by atoms with Crippen LogP contribution >= 0.6 is 0 Å². The largest absolute Gasteiger partial charge is 0.385 e. The highest BCUT2D eigenvalue weighted by molar-refractivity contribution is 7.89. The molecule has 5 nitrogen and oxygen atoms in total. The molecule has 1 aliphatic rings. The standard InChI is InChI=1S/C14H22N2O3S/c1-19-8-4-2-3-7-16-20(17,18)14-6-5-12-10-15-11-13(12)9-14/h5-6,9,15-16H,2-4,7-8,10-11H2,1H3. The molecule has 0 aliphatic carbocycles. The van der Waals surface area contributed by atoms with Crippen molar-refractivity contribution in [3.05, 3.63) is 29.3 Å². The average molecular weight is 298 g/mol. The summed E-state index contributed by atoms with van der Waals surface area (Å²) >= 11 is 0. The lowest BCUT2D eigenvalue weighted by Gasteiger charge is -2.08. The van der Waals surface area contributed by atoms with Crippen LogP contribution in [-0.2, 0) is 27.8 Å². The van der Waals surface area contributed by atoms with Gasteiger partial charge in [0.05, 0.1) is 4.90 Å². The van der Waals surface area contributed by atoms with Crippen LogP contribution in [0.3, 0.4) is 0 Å². The maximum absolute atomic E-state index is 12.2. The number of sulfonamides is 1. The Morgan fingerprint density at radius 3 is 2.80 bits per heavy atom. The molecule has 0 aromatic heterocycles. The quantitative estimate of drug-likeness (QED) is 0.712. The Labute approximate surface area is 120 Å². The van der Waals surface area contributed by atoms with E-state index >= 15 is 0 Å². The van der Waals surface area contributed by atoms with Gasteiger partial charge in [0.2, 0.25) is 10.0 Å². The molecule has 0 bridgehead atoms. The Balaban J connectivity index is 1.87. The third kappa shape index (κ3) is 4.02. The molecule has 6 heteroatoms. The van der Waals surface area contributed by atoms with E-state index < -0.39 is 10.0 Å². The predicted molar refractivity (Wildman–Crippen MR) is 77.9 cm³/mol. The molecule has 2 N–H and O–H groups in total. The topological polar surface area (TPSA) is 67.4 Å². The SMILES string of the molecule is COCCCCCNS(=O)(=O)c1ccc2c(c1)CNC2. The summed E-state index contributed by atoms with van der Waals surface area (Å²) in [4.78, 5) is 0.358. The normalized spacial score (nSPS) is 14.4. The van der Waals surface area contributed by atoms with E-state index in [-0.39, 0.29) is 0 Å². The van der Waals surface area contributed by atoms with Crippen molar-refractivity contribution in [1.29, 1.82) is 0 Å². The molecule has 1 aliphatic heterocycles. The smallest absolute Gasteiger partial charge is 0.240 e. The molecule has 112 valence electrons. The number of unbranched alkanes of at least 4 members (excludes halogenated alkanes) is 2. The summed E-state index contributed by atoms with van der Waals surface area (Å²) in [5, 5.41) is 3.21. The van der Waals surface area contributed by atoms with Crippen molar-refractivity contribution in [3.8, 4) is 0 Å². The molecular formula is C14H22N2O3S. The Bertz CT molecular complexity index is 543. The Morgan fingerprint density at radius 2 is 2.00 bits per heavy atom. The number of ether oxygens (including phenoxy) is 1. The second-order valence-corrected chi connectivity index (χ2v) is 6.75. The zero-order valence-electron chi connectivity index (χ0n) is 11.8. The van der Waals surface area contributed by atoms with Gasteiger partial charge in [-0.3, -0.25) is 0 Å². The fourth-order valence-corrected chi connectivity index (χ4v) is 3.40. The van der Waals surface area contributed by atoms with Crippen LogP contribution in [0.1, 0.15) is 30.4 Å². The third-order valence-corrected chi connectivity index (χ3v) is 4.89. The fraction of sp³-hybridized carbons (Fsp3) is 0.571. The summed E-state index contributed by atoms with van der Waals surface area (Å²) in [5.74, 6) is 0. The van der Waals surface area contributed by atoms with Crippen molar-refractivity contribution in [1.82, 2.24) is 10.0 Å². The molecule has 0 fully saturated rings. The minimum Gasteiger partial charge on any atom is -0.385 e. The lowest BCUT2D eigenvalue weighted by Crippen LogP contribution is -2.25. The van der Waals surface area contributed by atoms with Crippen LogP contribution in [0.2, 0.25) is 0 Å². The van der Waals surface area contributed by atoms with Crippen molar-refractivity contribution < 1.29 is 13.2 Å². The number of rotatable bonds is 8. The van der Waals surface area contributed by atoms with E-state index in [1.165, 1.54) is 5.56 Å². The highest BCUT2D eigenvalue weighted by Crippen LogP contribution is 2.19. The fourth-order valence-electron chi connectivity index (χ4n) is 2.28. The molecule has 0 saturated heterocycles. The summed E-state index contributed by atoms with van der Waals surface area (Å²) in [6.07, 6.45) is 2.75. The summed E-state index contributed by atoms with van der Waals surface area (Å²) in [6, 6.07) is 5.34. The molecule has 0 unspecified atom stereocenters. The molecule has 0 atom stereocenters. The minimum absolute atomic E-state index is 0.358. The first kappa shape index (κ1) is 15.4. The monoisotopic (exact) mass is 298 g/mol. The Morgan fingerprint density at radius 1 is 1.20 bits per heavy atom. The Hall–Kier alpha value is -0.950. The van der Waals surface area contributed by atoms with Crippen LogP contribution in [-0.4, -0.2) is 28.7 Å². The van der Waals surface area contributed by atoms with Crippen LogP contribution in [0.4, 0.5) is 0 Å². The van der Waals surface area contributed by atoms with E-state index in [9.17, 15) is 8.42 Å². The van der Waals surface area contributed by atoms with Crippen LogP contribution in [0, 0.1) is 0 Å². The van der Waals surface area contributed by atoms with Gasteiger partial charge in [-0.2, -0.15) is 0 Å². The molecule has 1 heterocycles. The number of hydrogen-bond donors (Lipinski definition) is 2. The van der Waals surface area contributed by atoms with E-state index in [1.54, 1.807) is 19.2 Å². The van der Waals surface area contributed by atoms with Crippen molar-refractivity contribution in [2.45, 2.75) is 37.2 Å². The van der Waals surface area contributed by atoms with E-state index in [0.29, 0.717) is 11.4 Å². The van der Waals surface area contributed by atoms with Crippen molar-refractivity contribution >= 4 is 10.0 Å². The van der Waals surface area contributed by atoms with E-state index in [1.807, 2.05) is 6.07 Å². The number of nitrogens with one attached hydrogen (secondary N) is 2. The van der Waals surface area contributed by atoms with Gasteiger partial charge in [-0.25, -0.2) is 13.1 Å². The molecular weight excluding hydrogens is 276 g/mol. The first-order valence-corrected chi connectivity index (χ1v) is 8.43.